The number of primary amides is 1. The lowest BCUT2D eigenvalue weighted by Crippen LogP contribution is -2.11. The SMILES string of the molecule is Cc1ccc(C(N)=O)cc1Oc1ccnc(Nc2cnn(C)c2)n1.[HH].[HH]. The molecule has 0 unspecified atom stereocenters. The molecule has 8 nitrogen and oxygen atoms in total. The van der Waals surface area contributed by atoms with Gasteiger partial charge in [-0.05, 0) is 24.6 Å². The Morgan fingerprint density at radius 3 is 2.92 bits per heavy atom. The first kappa shape index (κ1) is 15.5. The smallest absolute Gasteiger partial charge is 0.248 e. The number of aryl methyl sites for hydroxylation is 2. The van der Waals surface area contributed by atoms with Crippen molar-refractivity contribution in [2.45, 2.75) is 6.92 Å². The molecular weight excluding hydrogens is 308 g/mol. The second-order valence-corrected chi connectivity index (χ2v) is 5.19. The van der Waals surface area contributed by atoms with Crippen molar-refractivity contribution in [3.8, 4) is 11.6 Å². The quantitative estimate of drug-likeness (QED) is 0.745. The minimum absolute atomic E-state index is 0. The largest absolute Gasteiger partial charge is 0.439 e. The number of nitrogens with zero attached hydrogens (tertiary/aromatic N) is 4. The minimum atomic E-state index is -0.513. The predicted molar refractivity (Wildman–Crippen MR) is 92.5 cm³/mol. The van der Waals surface area contributed by atoms with E-state index in [4.69, 9.17) is 10.5 Å². The molecule has 126 valence electrons. The van der Waals surface area contributed by atoms with E-state index in [-0.39, 0.29) is 2.85 Å². The van der Waals surface area contributed by atoms with Crippen molar-refractivity contribution in [1.29, 1.82) is 0 Å². The fourth-order valence-electron chi connectivity index (χ4n) is 2.05. The molecule has 0 aliphatic heterocycles. The molecule has 0 spiro atoms. The fourth-order valence-corrected chi connectivity index (χ4v) is 2.05. The van der Waals surface area contributed by atoms with Gasteiger partial charge >= 0.3 is 0 Å². The summed E-state index contributed by atoms with van der Waals surface area (Å²) >= 11 is 0. The second kappa shape index (κ2) is 6.37. The monoisotopic (exact) mass is 328 g/mol. The standard InChI is InChI=1S/C16H16N6O2.2H2/c1-10-3-4-11(15(17)23)7-13(10)24-14-5-6-18-16(21-14)20-12-8-19-22(2)9-12;;/h3-9H,1-2H3,(H2,17,23)(H,18,20,21);2*1H. The second-order valence-electron chi connectivity index (χ2n) is 5.19. The zero-order valence-corrected chi connectivity index (χ0v) is 13.2. The zero-order valence-electron chi connectivity index (χ0n) is 13.2. The number of rotatable bonds is 5. The Morgan fingerprint density at radius 1 is 1.38 bits per heavy atom. The third-order valence-corrected chi connectivity index (χ3v) is 3.28. The minimum Gasteiger partial charge on any atom is -0.439 e. The van der Waals surface area contributed by atoms with Gasteiger partial charge in [0.15, 0.2) is 0 Å². The molecule has 2 aromatic heterocycles. The summed E-state index contributed by atoms with van der Waals surface area (Å²) < 4.78 is 7.43. The highest BCUT2D eigenvalue weighted by Gasteiger charge is 2.09. The number of ether oxygens (including phenoxy) is 1. The topological polar surface area (TPSA) is 108 Å². The van der Waals surface area contributed by atoms with Crippen molar-refractivity contribution in [3.05, 3.63) is 54.0 Å². The van der Waals surface area contributed by atoms with Gasteiger partial charge in [-0.15, -0.1) is 0 Å². The van der Waals surface area contributed by atoms with Crippen LogP contribution in [0.3, 0.4) is 0 Å². The van der Waals surface area contributed by atoms with Crippen LogP contribution in [0.25, 0.3) is 0 Å². The molecule has 3 aromatic rings. The van der Waals surface area contributed by atoms with Gasteiger partial charge in [-0.25, -0.2) is 4.98 Å². The molecule has 0 aliphatic carbocycles. The maximum Gasteiger partial charge on any atom is 0.248 e. The molecule has 8 heteroatoms. The molecule has 3 N–H and O–H groups in total. The van der Waals surface area contributed by atoms with E-state index < -0.39 is 5.91 Å². The summed E-state index contributed by atoms with van der Waals surface area (Å²) in [5.74, 6) is 0.726. The molecule has 0 atom stereocenters. The highest BCUT2D eigenvalue weighted by Crippen LogP contribution is 2.25. The Morgan fingerprint density at radius 2 is 2.21 bits per heavy atom. The van der Waals surface area contributed by atoms with Crippen molar-refractivity contribution < 1.29 is 12.4 Å². The van der Waals surface area contributed by atoms with Gasteiger partial charge in [0.25, 0.3) is 0 Å². The Bertz CT molecular complexity index is 900. The van der Waals surface area contributed by atoms with Gasteiger partial charge in [0.1, 0.15) is 5.75 Å². The summed E-state index contributed by atoms with van der Waals surface area (Å²) in [7, 11) is 1.82. The van der Waals surface area contributed by atoms with E-state index >= 15 is 0 Å². The molecular formula is C16H20N6O2. The number of carbonyl (C=O) groups is 1. The average molecular weight is 328 g/mol. The molecule has 1 aromatic carbocycles. The molecule has 0 saturated carbocycles. The molecule has 0 saturated heterocycles. The van der Waals surface area contributed by atoms with Crippen LogP contribution in [0, 0.1) is 6.92 Å². The highest BCUT2D eigenvalue weighted by molar-refractivity contribution is 5.93. The van der Waals surface area contributed by atoms with Gasteiger partial charge in [0.2, 0.25) is 17.7 Å². The maximum absolute atomic E-state index is 11.3. The van der Waals surface area contributed by atoms with Crippen LogP contribution in [-0.4, -0.2) is 25.7 Å². The van der Waals surface area contributed by atoms with E-state index in [2.05, 4.69) is 20.4 Å². The molecule has 0 bridgehead atoms. The van der Waals surface area contributed by atoms with Crippen LogP contribution in [0.2, 0.25) is 0 Å². The van der Waals surface area contributed by atoms with Gasteiger partial charge in [0, 0.05) is 33.9 Å². The van der Waals surface area contributed by atoms with Gasteiger partial charge in [0.05, 0.1) is 11.9 Å². The van der Waals surface area contributed by atoms with Crippen molar-refractivity contribution in [2.24, 2.45) is 12.8 Å². The average Bonchev–Trinajstić information content (AvgIpc) is 2.94. The van der Waals surface area contributed by atoms with Crippen molar-refractivity contribution in [1.82, 2.24) is 19.7 Å². The number of nitrogens with two attached hydrogens (primary N) is 1. The number of benzene rings is 1. The van der Waals surface area contributed by atoms with Crippen LogP contribution in [0.15, 0.2) is 42.9 Å². The van der Waals surface area contributed by atoms with E-state index in [0.29, 0.717) is 23.1 Å². The maximum atomic E-state index is 11.3. The summed E-state index contributed by atoms with van der Waals surface area (Å²) in [5.41, 5.74) is 7.30. The summed E-state index contributed by atoms with van der Waals surface area (Å²) in [6.07, 6.45) is 5.04. The van der Waals surface area contributed by atoms with E-state index in [9.17, 15) is 4.79 Å². The van der Waals surface area contributed by atoms with Crippen LogP contribution >= 0.6 is 0 Å². The molecule has 0 aliphatic rings. The first-order valence-corrected chi connectivity index (χ1v) is 7.18. The van der Waals surface area contributed by atoms with Crippen LogP contribution in [0.5, 0.6) is 11.6 Å². The molecule has 1 amide bonds. The summed E-state index contributed by atoms with van der Waals surface area (Å²) in [5, 5.41) is 7.10. The van der Waals surface area contributed by atoms with Crippen LogP contribution in [0.4, 0.5) is 11.6 Å². The van der Waals surface area contributed by atoms with Crippen LogP contribution in [0.1, 0.15) is 18.8 Å². The van der Waals surface area contributed by atoms with Crippen LogP contribution < -0.4 is 15.8 Å². The number of amides is 1. The normalized spacial score (nSPS) is 10.4. The molecule has 2 heterocycles. The Hall–Kier alpha value is -3.42. The lowest BCUT2D eigenvalue weighted by Gasteiger charge is -2.10. The Kier molecular flexibility index (Phi) is 4.11. The lowest BCUT2D eigenvalue weighted by atomic mass is 10.1. The van der Waals surface area contributed by atoms with E-state index in [1.165, 1.54) is 0 Å². The number of nitrogens with one attached hydrogen (secondary N) is 1. The molecule has 0 fully saturated rings. The first-order chi connectivity index (χ1) is 11.5. The number of aromatic nitrogens is 4. The van der Waals surface area contributed by atoms with E-state index in [0.717, 1.165) is 11.3 Å². The van der Waals surface area contributed by atoms with E-state index in [1.807, 2.05) is 14.0 Å². The fraction of sp³-hybridized carbons (Fsp3) is 0.125. The van der Waals surface area contributed by atoms with Gasteiger partial charge < -0.3 is 15.8 Å². The van der Waals surface area contributed by atoms with Gasteiger partial charge in [-0.2, -0.15) is 10.1 Å². The number of hydrogen-bond acceptors (Lipinski definition) is 6. The lowest BCUT2D eigenvalue weighted by molar-refractivity contribution is 0.1000. The third-order valence-electron chi connectivity index (χ3n) is 3.28. The molecule has 0 radical (unpaired) electrons. The van der Waals surface area contributed by atoms with Crippen molar-refractivity contribution in [3.63, 3.8) is 0 Å². The predicted octanol–water partition coefficient (Wildman–Crippen LogP) is 2.65. The Labute approximate surface area is 141 Å². The Balaban J connectivity index is 0.00000169. The third kappa shape index (κ3) is 3.49. The zero-order chi connectivity index (χ0) is 17.1. The highest BCUT2D eigenvalue weighted by atomic mass is 16.5. The molecule has 24 heavy (non-hydrogen) atoms. The summed E-state index contributed by atoms with van der Waals surface area (Å²) in [6.45, 7) is 1.87. The van der Waals surface area contributed by atoms with Gasteiger partial charge in [-0.3, -0.25) is 9.48 Å². The van der Waals surface area contributed by atoms with Gasteiger partial charge in [-0.1, -0.05) is 6.07 Å². The van der Waals surface area contributed by atoms with E-state index in [1.54, 1.807) is 47.5 Å². The molecule has 3 rings (SSSR count). The van der Waals surface area contributed by atoms with Crippen LogP contribution in [-0.2, 0) is 7.05 Å². The number of anilines is 2. The number of hydrogen-bond donors (Lipinski definition) is 2. The summed E-state index contributed by atoms with van der Waals surface area (Å²) in [6, 6.07) is 6.64. The number of carbonyl (C=O) groups excluding carboxylic acids is 1. The summed E-state index contributed by atoms with van der Waals surface area (Å²) in [4.78, 5) is 19.7. The first-order valence-electron chi connectivity index (χ1n) is 7.18. The van der Waals surface area contributed by atoms with Crippen molar-refractivity contribution >= 4 is 17.5 Å². The van der Waals surface area contributed by atoms with Crippen molar-refractivity contribution in [2.75, 3.05) is 5.32 Å².